The van der Waals surface area contributed by atoms with Crippen LogP contribution in [0.15, 0.2) is 18.3 Å². The molecule has 0 aromatic carbocycles. The molecule has 6 nitrogen and oxygen atoms in total. The number of amides is 1. The summed E-state index contributed by atoms with van der Waals surface area (Å²) in [5.74, 6) is -0.837. The van der Waals surface area contributed by atoms with Crippen LogP contribution in [0.5, 0.6) is 0 Å². The average Bonchev–Trinajstić information content (AvgIpc) is 2.30. The van der Waals surface area contributed by atoms with E-state index in [2.05, 4.69) is 15.6 Å². The minimum Gasteiger partial charge on any atom is -0.478 e. The maximum atomic E-state index is 11.2. The number of aromatic carboxylic acids is 1. The van der Waals surface area contributed by atoms with Crippen molar-refractivity contribution in [3.63, 3.8) is 0 Å². The van der Waals surface area contributed by atoms with Gasteiger partial charge in [-0.15, -0.1) is 0 Å². The number of carboxylic acids is 1. The van der Waals surface area contributed by atoms with Crippen molar-refractivity contribution >= 4 is 17.7 Å². The molecule has 0 aliphatic carbocycles. The summed E-state index contributed by atoms with van der Waals surface area (Å²) in [5.41, 5.74) is 0.100. The zero-order valence-electron chi connectivity index (χ0n) is 9.56. The lowest BCUT2D eigenvalue weighted by atomic mass is 10.2. The van der Waals surface area contributed by atoms with Gasteiger partial charge in [0.1, 0.15) is 11.4 Å². The molecule has 0 bridgehead atoms. The summed E-state index contributed by atoms with van der Waals surface area (Å²) in [6.07, 6.45) is 1.78. The molecule has 0 aliphatic heterocycles. The van der Waals surface area contributed by atoms with Gasteiger partial charge in [0.2, 0.25) is 5.91 Å². The first kappa shape index (κ1) is 13.0. The lowest BCUT2D eigenvalue weighted by molar-refractivity contribution is -0.120. The van der Waals surface area contributed by atoms with Crippen molar-refractivity contribution in [2.75, 3.05) is 18.4 Å². The van der Waals surface area contributed by atoms with Crippen molar-refractivity contribution in [3.05, 3.63) is 23.9 Å². The Hall–Kier alpha value is -2.11. The fourth-order valence-corrected chi connectivity index (χ4v) is 1.30. The number of hydrogen-bond acceptors (Lipinski definition) is 4. The molecule has 0 aliphatic rings. The number of carboxylic acid groups (broad SMARTS) is 1. The van der Waals surface area contributed by atoms with Crippen molar-refractivity contribution in [3.8, 4) is 0 Å². The number of nitrogens with one attached hydrogen (secondary N) is 2. The fraction of sp³-hybridized carbons (Fsp3) is 0.364. The number of hydrogen-bond donors (Lipinski definition) is 3. The van der Waals surface area contributed by atoms with Crippen molar-refractivity contribution in [2.45, 2.75) is 13.3 Å². The molecule has 92 valence electrons. The van der Waals surface area contributed by atoms with Crippen LogP contribution in [-0.2, 0) is 4.79 Å². The van der Waals surface area contributed by atoms with Gasteiger partial charge >= 0.3 is 5.97 Å². The number of anilines is 1. The van der Waals surface area contributed by atoms with E-state index in [0.29, 0.717) is 13.1 Å². The third-order valence-corrected chi connectivity index (χ3v) is 2.06. The second kappa shape index (κ2) is 6.47. The van der Waals surface area contributed by atoms with Crippen LogP contribution >= 0.6 is 0 Å². The molecule has 0 saturated heterocycles. The Morgan fingerprint density at radius 1 is 1.47 bits per heavy atom. The van der Waals surface area contributed by atoms with Crippen LogP contribution in [0.3, 0.4) is 0 Å². The summed E-state index contributed by atoms with van der Waals surface area (Å²) in [6.45, 7) is 2.78. The van der Waals surface area contributed by atoms with Gasteiger partial charge in [0.15, 0.2) is 0 Å². The van der Waals surface area contributed by atoms with Gasteiger partial charge in [-0.2, -0.15) is 0 Å². The monoisotopic (exact) mass is 237 g/mol. The molecule has 0 fully saturated rings. The summed E-state index contributed by atoms with van der Waals surface area (Å²) in [4.78, 5) is 25.9. The Morgan fingerprint density at radius 2 is 2.24 bits per heavy atom. The summed E-state index contributed by atoms with van der Waals surface area (Å²) in [7, 11) is 0. The van der Waals surface area contributed by atoms with Crippen LogP contribution in [0.1, 0.15) is 23.7 Å². The molecule has 3 N–H and O–H groups in total. The van der Waals surface area contributed by atoms with Crippen LogP contribution in [0, 0.1) is 0 Å². The first-order valence-corrected chi connectivity index (χ1v) is 5.34. The molecule has 17 heavy (non-hydrogen) atoms. The second-order valence-electron chi connectivity index (χ2n) is 3.34. The van der Waals surface area contributed by atoms with E-state index >= 15 is 0 Å². The third kappa shape index (κ3) is 4.10. The summed E-state index contributed by atoms with van der Waals surface area (Å²) >= 11 is 0. The molecule has 1 rings (SSSR count). The lowest BCUT2D eigenvalue weighted by Crippen LogP contribution is -2.25. The van der Waals surface area contributed by atoms with Gasteiger partial charge in [-0.05, 0) is 19.1 Å². The number of carbonyl (C=O) groups is 2. The summed E-state index contributed by atoms with van der Waals surface area (Å²) < 4.78 is 0. The fourth-order valence-electron chi connectivity index (χ4n) is 1.30. The van der Waals surface area contributed by atoms with E-state index in [1.165, 1.54) is 12.3 Å². The highest BCUT2D eigenvalue weighted by molar-refractivity contribution is 5.93. The van der Waals surface area contributed by atoms with E-state index in [9.17, 15) is 9.59 Å². The zero-order chi connectivity index (χ0) is 12.7. The zero-order valence-corrected chi connectivity index (χ0v) is 9.56. The van der Waals surface area contributed by atoms with Gasteiger partial charge < -0.3 is 15.7 Å². The quantitative estimate of drug-likeness (QED) is 0.678. The molecule has 0 saturated carbocycles. The highest BCUT2D eigenvalue weighted by atomic mass is 16.4. The second-order valence-corrected chi connectivity index (χ2v) is 3.34. The molecular weight excluding hydrogens is 222 g/mol. The molecule has 0 atom stereocenters. The number of rotatable bonds is 6. The first-order chi connectivity index (χ1) is 8.15. The van der Waals surface area contributed by atoms with Gasteiger partial charge in [-0.25, -0.2) is 9.78 Å². The smallest absolute Gasteiger partial charge is 0.339 e. The largest absolute Gasteiger partial charge is 0.478 e. The Kier molecular flexibility index (Phi) is 4.93. The van der Waals surface area contributed by atoms with E-state index in [4.69, 9.17) is 5.11 Å². The van der Waals surface area contributed by atoms with E-state index in [1.807, 2.05) is 6.92 Å². The maximum absolute atomic E-state index is 11.2. The van der Waals surface area contributed by atoms with Gasteiger partial charge in [-0.3, -0.25) is 4.79 Å². The summed E-state index contributed by atoms with van der Waals surface area (Å²) in [5, 5.41) is 14.4. The van der Waals surface area contributed by atoms with Crippen molar-refractivity contribution in [2.24, 2.45) is 0 Å². The molecule has 1 heterocycles. The van der Waals surface area contributed by atoms with Crippen molar-refractivity contribution in [1.29, 1.82) is 0 Å². The number of nitrogens with zero attached hydrogens (tertiary/aromatic N) is 1. The highest BCUT2D eigenvalue weighted by Gasteiger charge is 2.10. The van der Waals surface area contributed by atoms with Crippen molar-refractivity contribution < 1.29 is 14.7 Å². The van der Waals surface area contributed by atoms with E-state index in [1.54, 1.807) is 6.07 Å². The first-order valence-electron chi connectivity index (χ1n) is 5.34. The SMILES string of the molecule is CCNC(=O)CCNc1ncccc1C(=O)O. The minimum atomic E-state index is -1.04. The highest BCUT2D eigenvalue weighted by Crippen LogP contribution is 2.10. The Balaban J connectivity index is 2.52. The molecule has 1 aromatic rings. The third-order valence-electron chi connectivity index (χ3n) is 2.06. The van der Waals surface area contributed by atoms with Crippen LogP contribution in [-0.4, -0.2) is 35.1 Å². The number of aromatic nitrogens is 1. The molecule has 1 aromatic heterocycles. The molecule has 0 unspecified atom stereocenters. The molecule has 6 heteroatoms. The Morgan fingerprint density at radius 3 is 2.88 bits per heavy atom. The minimum absolute atomic E-state index is 0.0761. The van der Waals surface area contributed by atoms with Crippen molar-refractivity contribution in [1.82, 2.24) is 10.3 Å². The number of carbonyl (C=O) groups excluding carboxylic acids is 1. The van der Waals surface area contributed by atoms with Crippen LogP contribution in [0.4, 0.5) is 5.82 Å². The molecule has 1 amide bonds. The molecular formula is C11H15N3O3. The predicted octanol–water partition coefficient (Wildman–Crippen LogP) is 0.718. The van der Waals surface area contributed by atoms with E-state index in [-0.39, 0.29) is 23.7 Å². The number of pyridine rings is 1. The lowest BCUT2D eigenvalue weighted by Gasteiger charge is -2.07. The standard InChI is InChI=1S/C11H15N3O3/c1-2-12-9(15)5-7-14-10-8(11(16)17)4-3-6-13-10/h3-4,6H,2,5,7H2,1H3,(H,12,15)(H,13,14)(H,16,17). The van der Waals surface area contributed by atoms with E-state index < -0.39 is 5.97 Å². The Labute approximate surface area is 99.1 Å². The van der Waals surface area contributed by atoms with Gasteiger partial charge in [0.25, 0.3) is 0 Å². The average molecular weight is 237 g/mol. The van der Waals surface area contributed by atoms with Gasteiger partial charge in [-0.1, -0.05) is 0 Å². The Bertz CT molecular complexity index is 407. The van der Waals surface area contributed by atoms with Crippen LogP contribution in [0.2, 0.25) is 0 Å². The normalized spacial score (nSPS) is 9.71. The molecule has 0 spiro atoms. The topological polar surface area (TPSA) is 91.3 Å². The van der Waals surface area contributed by atoms with Gasteiger partial charge in [0.05, 0.1) is 0 Å². The van der Waals surface area contributed by atoms with Crippen LogP contribution < -0.4 is 10.6 Å². The van der Waals surface area contributed by atoms with E-state index in [0.717, 1.165) is 0 Å². The molecule has 0 radical (unpaired) electrons. The predicted molar refractivity (Wildman–Crippen MR) is 63.0 cm³/mol. The summed E-state index contributed by atoms with van der Waals surface area (Å²) in [6, 6.07) is 3.02. The van der Waals surface area contributed by atoms with Gasteiger partial charge in [0, 0.05) is 25.7 Å². The van der Waals surface area contributed by atoms with Crippen LogP contribution in [0.25, 0.3) is 0 Å². The maximum Gasteiger partial charge on any atom is 0.339 e.